The lowest BCUT2D eigenvalue weighted by Gasteiger charge is -2.27. The molecule has 1 amide bonds. The van der Waals surface area contributed by atoms with E-state index in [0.29, 0.717) is 19.1 Å². The van der Waals surface area contributed by atoms with Crippen molar-refractivity contribution < 1.29 is 9.53 Å². The predicted molar refractivity (Wildman–Crippen MR) is 83.9 cm³/mol. The average molecular weight is 290 g/mol. The van der Waals surface area contributed by atoms with Gasteiger partial charge in [0.15, 0.2) is 0 Å². The second kappa shape index (κ2) is 7.05. The van der Waals surface area contributed by atoms with Crippen LogP contribution in [0.15, 0.2) is 24.3 Å². The Kier molecular flexibility index (Phi) is 5.37. The van der Waals surface area contributed by atoms with Crippen LogP contribution >= 0.6 is 0 Å². The van der Waals surface area contributed by atoms with Gasteiger partial charge in [0.25, 0.3) is 0 Å². The Morgan fingerprint density at radius 3 is 2.57 bits per heavy atom. The summed E-state index contributed by atoms with van der Waals surface area (Å²) in [6, 6.07) is 8.39. The minimum Gasteiger partial charge on any atom is -0.384 e. The van der Waals surface area contributed by atoms with Crippen LogP contribution in [0.25, 0.3) is 0 Å². The van der Waals surface area contributed by atoms with Crippen LogP contribution in [0, 0.1) is 5.92 Å². The van der Waals surface area contributed by atoms with Crippen molar-refractivity contribution >= 4 is 5.91 Å². The van der Waals surface area contributed by atoms with Crippen molar-refractivity contribution in [3.05, 3.63) is 35.4 Å². The summed E-state index contributed by atoms with van der Waals surface area (Å²) in [4.78, 5) is 14.3. The van der Waals surface area contributed by atoms with E-state index in [1.807, 2.05) is 11.8 Å². The third kappa shape index (κ3) is 3.63. The Morgan fingerprint density at radius 2 is 2.00 bits per heavy atom. The first-order chi connectivity index (χ1) is 10.1. The summed E-state index contributed by atoms with van der Waals surface area (Å²) in [5.41, 5.74) is 2.46. The second-order valence-electron chi connectivity index (χ2n) is 5.94. The highest BCUT2D eigenvalue weighted by atomic mass is 16.5. The number of amides is 1. The molecule has 4 nitrogen and oxygen atoms in total. The minimum absolute atomic E-state index is 0.0299. The molecule has 0 saturated carbocycles. The van der Waals surface area contributed by atoms with E-state index in [9.17, 15) is 4.79 Å². The molecule has 1 N–H and O–H groups in total. The number of hydrogen-bond acceptors (Lipinski definition) is 3. The number of benzene rings is 1. The molecule has 0 aromatic heterocycles. The number of aryl methyl sites for hydroxylation is 1. The molecule has 2 rings (SSSR count). The zero-order valence-electron chi connectivity index (χ0n) is 13.4. The van der Waals surface area contributed by atoms with Crippen LogP contribution < -0.4 is 5.32 Å². The molecule has 116 valence electrons. The zero-order valence-corrected chi connectivity index (χ0v) is 13.4. The van der Waals surface area contributed by atoms with Crippen molar-refractivity contribution in [2.24, 2.45) is 5.92 Å². The second-order valence-corrected chi connectivity index (χ2v) is 5.94. The van der Waals surface area contributed by atoms with Crippen LogP contribution in [0.4, 0.5) is 0 Å². The van der Waals surface area contributed by atoms with Crippen molar-refractivity contribution in [1.82, 2.24) is 10.2 Å². The Balaban J connectivity index is 2.16. The summed E-state index contributed by atoms with van der Waals surface area (Å²) < 4.78 is 5.19. The molecule has 1 aromatic carbocycles. The van der Waals surface area contributed by atoms with Crippen LogP contribution in [0.5, 0.6) is 0 Å². The van der Waals surface area contributed by atoms with Gasteiger partial charge >= 0.3 is 0 Å². The van der Waals surface area contributed by atoms with Crippen LogP contribution in [0.2, 0.25) is 0 Å². The first-order valence-electron chi connectivity index (χ1n) is 7.71. The van der Waals surface area contributed by atoms with Crippen LogP contribution in [-0.2, 0) is 16.0 Å². The number of rotatable bonds is 6. The molecule has 1 fully saturated rings. The third-order valence-corrected chi connectivity index (χ3v) is 4.04. The van der Waals surface area contributed by atoms with Crippen molar-refractivity contribution in [2.45, 2.75) is 39.4 Å². The molecule has 3 atom stereocenters. The molecule has 1 aliphatic heterocycles. The summed E-state index contributed by atoms with van der Waals surface area (Å²) in [5.74, 6) is 0.492. The van der Waals surface area contributed by atoms with Gasteiger partial charge in [0, 0.05) is 13.7 Å². The van der Waals surface area contributed by atoms with Gasteiger partial charge in [-0.15, -0.1) is 0 Å². The Morgan fingerprint density at radius 1 is 1.33 bits per heavy atom. The van der Waals surface area contributed by atoms with E-state index in [0.717, 1.165) is 12.0 Å². The van der Waals surface area contributed by atoms with Gasteiger partial charge in [-0.3, -0.25) is 10.1 Å². The third-order valence-electron chi connectivity index (χ3n) is 4.04. The standard InChI is InChI=1S/C17H26N2O2/c1-5-14-6-8-15(9-7-14)16-18-13(3)17(20)19(16)10-12(2)11-21-4/h6-9,12-13,16,18H,5,10-11H2,1-4H3. The lowest BCUT2D eigenvalue weighted by atomic mass is 10.1. The maximum atomic E-state index is 12.4. The molecule has 1 saturated heterocycles. The predicted octanol–water partition coefficient (Wildman–Crippen LogP) is 2.35. The lowest BCUT2D eigenvalue weighted by molar-refractivity contribution is -0.130. The van der Waals surface area contributed by atoms with Crippen molar-refractivity contribution in [3.63, 3.8) is 0 Å². The minimum atomic E-state index is -0.129. The maximum Gasteiger partial charge on any atom is 0.241 e. The highest BCUT2D eigenvalue weighted by molar-refractivity contribution is 5.84. The Labute approximate surface area is 127 Å². The monoisotopic (exact) mass is 290 g/mol. The molecule has 0 aliphatic carbocycles. The summed E-state index contributed by atoms with van der Waals surface area (Å²) in [5, 5.41) is 3.39. The first-order valence-corrected chi connectivity index (χ1v) is 7.71. The highest BCUT2D eigenvalue weighted by Gasteiger charge is 2.37. The van der Waals surface area contributed by atoms with Gasteiger partial charge in [0.1, 0.15) is 6.17 Å². The number of hydrogen-bond donors (Lipinski definition) is 1. The molecule has 1 heterocycles. The molecular formula is C17H26N2O2. The van der Waals surface area contributed by atoms with Crippen molar-refractivity contribution in [1.29, 1.82) is 0 Å². The highest BCUT2D eigenvalue weighted by Crippen LogP contribution is 2.26. The van der Waals surface area contributed by atoms with E-state index in [2.05, 4.69) is 43.4 Å². The number of methoxy groups -OCH3 is 1. The molecule has 3 unspecified atom stereocenters. The van der Waals surface area contributed by atoms with Gasteiger partial charge < -0.3 is 9.64 Å². The maximum absolute atomic E-state index is 12.4. The molecule has 0 spiro atoms. The van der Waals surface area contributed by atoms with Gasteiger partial charge in [0.05, 0.1) is 12.6 Å². The van der Waals surface area contributed by atoms with Crippen LogP contribution in [0.3, 0.4) is 0 Å². The molecule has 0 radical (unpaired) electrons. The van der Waals surface area contributed by atoms with Gasteiger partial charge in [-0.05, 0) is 30.4 Å². The van der Waals surface area contributed by atoms with Gasteiger partial charge in [-0.1, -0.05) is 38.1 Å². The fourth-order valence-corrected chi connectivity index (χ4v) is 2.85. The van der Waals surface area contributed by atoms with Gasteiger partial charge in [-0.25, -0.2) is 0 Å². The van der Waals surface area contributed by atoms with Crippen LogP contribution in [0.1, 0.15) is 38.1 Å². The van der Waals surface area contributed by atoms with E-state index < -0.39 is 0 Å². The summed E-state index contributed by atoms with van der Waals surface area (Å²) in [6.45, 7) is 7.56. The van der Waals surface area contributed by atoms with E-state index in [-0.39, 0.29) is 18.1 Å². The Hall–Kier alpha value is -1.39. The molecule has 1 aromatic rings. The lowest BCUT2D eigenvalue weighted by Crippen LogP contribution is -2.35. The molecular weight excluding hydrogens is 264 g/mol. The fraction of sp³-hybridized carbons (Fsp3) is 0.588. The van der Waals surface area contributed by atoms with Crippen LogP contribution in [-0.4, -0.2) is 37.1 Å². The summed E-state index contributed by atoms with van der Waals surface area (Å²) in [7, 11) is 1.70. The van der Waals surface area contributed by atoms with Gasteiger partial charge in [0.2, 0.25) is 5.91 Å². The van der Waals surface area contributed by atoms with E-state index in [1.54, 1.807) is 7.11 Å². The fourth-order valence-electron chi connectivity index (χ4n) is 2.85. The number of carbonyl (C=O) groups excluding carboxylic acids is 1. The quantitative estimate of drug-likeness (QED) is 0.874. The SMILES string of the molecule is CCc1ccc(C2NC(C)C(=O)N2CC(C)COC)cc1. The zero-order chi connectivity index (χ0) is 15.4. The summed E-state index contributed by atoms with van der Waals surface area (Å²) in [6.07, 6.45) is 1.00. The summed E-state index contributed by atoms with van der Waals surface area (Å²) >= 11 is 0. The van der Waals surface area contributed by atoms with Crippen molar-refractivity contribution in [2.75, 3.05) is 20.3 Å². The molecule has 1 aliphatic rings. The molecule has 0 bridgehead atoms. The van der Waals surface area contributed by atoms with E-state index >= 15 is 0 Å². The number of carbonyl (C=O) groups is 1. The largest absolute Gasteiger partial charge is 0.384 e. The molecule has 4 heteroatoms. The normalized spacial score (nSPS) is 23.6. The Bertz CT molecular complexity index is 472. The number of nitrogens with one attached hydrogen (secondary N) is 1. The van der Waals surface area contributed by atoms with E-state index in [4.69, 9.17) is 4.74 Å². The number of nitrogens with zero attached hydrogens (tertiary/aromatic N) is 1. The topological polar surface area (TPSA) is 41.6 Å². The first kappa shape index (κ1) is 16.0. The smallest absolute Gasteiger partial charge is 0.241 e. The molecule has 21 heavy (non-hydrogen) atoms. The average Bonchev–Trinajstić information content (AvgIpc) is 2.76. The van der Waals surface area contributed by atoms with E-state index in [1.165, 1.54) is 5.56 Å². The van der Waals surface area contributed by atoms with Gasteiger partial charge in [-0.2, -0.15) is 0 Å². The van der Waals surface area contributed by atoms with Crippen molar-refractivity contribution in [3.8, 4) is 0 Å². The number of ether oxygens (including phenoxy) is 1.